The minimum Gasteiger partial charge on any atom is -0.480 e. The standard InChI is InChI=1S/C18H27N5O3/c19-14-5-4-13(12-21-14)15(16(24)25)22-10-6-18(7-11-22,17(20)26)23-8-2-1-3-9-23/h4-5,12,15H,1-3,6-11H2,(H2,19,21)(H2,20,26)(H,24,25). The highest BCUT2D eigenvalue weighted by atomic mass is 16.4. The van der Waals surface area contributed by atoms with Gasteiger partial charge in [0.05, 0.1) is 0 Å². The number of nitrogen functional groups attached to an aromatic ring is 1. The zero-order valence-electron chi connectivity index (χ0n) is 14.9. The number of primary amides is 1. The second-order valence-corrected chi connectivity index (χ2v) is 7.24. The molecule has 8 nitrogen and oxygen atoms in total. The first-order chi connectivity index (χ1) is 12.4. The van der Waals surface area contributed by atoms with Crippen LogP contribution < -0.4 is 11.5 Å². The lowest BCUT2D eigenvalue weighted by atomic mass is 9.82. The second-order valence-electron chi connectivity index (χ2n) is 7.24. The molecule has 0 saturated carbocycles. The quantitative estimate of drug-likeness (QED) is 0.701. The SMILES string of the molecule is NC(=O)C1(N2CCCCC2)CCN(C(C(=O)O)c2ccc(N)nc2)CC1. The molecule has 0 aliphatic carbocycles. The third-order valence-corrected chi connectivity index (χ3v) is 5.77. The van der Waals surface area contributed by atoms with E-state index in [4.69, 9.17) is 11.5 Å². The molecule has 1 aromatic heterocycles. The summed E-state index contributed by atoms with van der Waals surface area (Å²) in [4.78, 5) is 32.3. The van der Waals surface area contributed by atoms with Crippen LogP contribution in [0.2, 0.25) is 0 Å². The molecule has 1 unspecified atom stereocenters. The molecule has 3 heterocycles. The maximum Gasteiger partial charge on any atom is 0.325 e. The Labute approximate surface area is 153 Å². The molecule has 1 aromatic rings. The fourth-order valence-electron chi connectivity index (χ4n) is 4.28. The Morgan fingerprint density at radius 1 is 1.12 bits per heavy atom. The van der Waals surface area contributed by atoms with Gasteiger partial charge in [0, 0.05) is 19.3 Å². The summed E-state index contributed by atoms with van der Waals surface area (Å²) in [5, 5.41) is 9.73. The largest absolute Gasteiger partial charge is 0.480 e. The summed E-state index contributed by atoms with van der Waals surface area (Å²) in [5.41, 5.74) is 11.3. The number of piperidine rings is 2. The van der Waals surface area contributed by atoms with E-state index in [0.717, 1.165) is 25.9 Å². The lowest BCUT2D eigenvalue weighted by molar-refractivity contribution is -0.146. The number of nitrogens with two attached hydrogens (primary N) is 2. The Morgan fingerprint density at radius 2 is 1.77 bits per heavy atom. The van der Waals surface area contributed by atoms with Crippen molar-refractivity contribution < 1.29 is 14.7 Å². The Kier molecular flexibility index (Phi) is 5.43. The van der Waals surface area contributed by atoms with E-state index >= 15 is 0 Å². The first-order valence-corrected chi connectivity index (χ1v) is 9.17. The average Bonchev–Trinajstić information content (AvgIpc) is 2.64. The summed E-state index contributed by atoms with van der Waals surface area (Å²) in [6.07, 6.45) is 5.95. The summed E-state index contributed by atoms with van der Waals surface area (Å²) in [6.45, 7) is 2.77. The summed E-state index contributed by atoms with van der Waals surface area (Å²) in [7, 11) is 0. The van der Waals surface area contributed by atoms with Gasteiger partial charge in [-0.25, -0.2) is 4.98 Å². The third kappa shape index (κ3) is 3.52. The van der Waals surface area contributed by atoms with Crippen LogP contribution in [0.1, 0.15) is 43.7 Å². The van der Waals surface area contributed by atoms with Gasteiger partial charge in [-0.15, -0.1) is 0 Å². The van der Waals surface area contributed by atoms with Crippen molar-refractivity contribution in [2.24, 2.45) is 5.73 Å². The van der Waals surface area contributed by atoms with Gasteiger partial charge in [0.2, 0.25) is 5.91 Å². The maximum atomic E-state index is 12.3. The van der Waals surface area contributed by atoms with Crippen LogP contribution in [0.4, 0.5) is 5.82 Å². The van der Waals surface area contributed by atoms with Gasteiger partial charge in [0.15, 0.2) is 0 Å². The molecule has 2 fully saturated rings. The summed E-state index contributed by atoms with van der Waals surface area (Å²) >= 11 is 0. The van der Waals surface area contributed by atoms with Gasteiger partial charge in [-0.3, -0.25) is 19.4 Å². The number of nitrogens with zero attached hydrogens (tertiary/aromatic N) is 3. The van der Waals surface area contributed by atoms with E-state index in [1.54, 1.807) is 12.1 Å². The average molecular weight is 361 g/mol. The van der Waals surface area contributed by atoms with Gasteiger partial charge in [0.1, 0.15) is 17.4 Å². The predicted molar refractivity (Wildman–Crippen MR) is 97.2 cm³/mol. The highest BCUT2D eigenvalue weighted by molar-refractivity contribution is 5.85. The number of carboxylic acids is 1. The first-order valence-electron chi connectivity index (χ1n) is 9.17. The molecule has 0 spiro atoms. The van der Waals surface area contributed by atoms with Crippen molar-refractivity contribution in [1.29, 1.82) is 0 Å². The number of carbonyl (C=O) groups is 2. The van der Waals surface area contributed by atoms with E-state index in [9.17, 15) is 14.7 Å². The van der Waals surface area contributed by atoms with Crippen LogP contribution in [0.5, 0.6) is 0 Å². The maximum absolute atomic E-state index is 12.3. The smallest absolute Gasteiger partial charge is 0.325 e. The molecule has 5 N–H and O–H groups in total. The first kappa shape index (κ1) is 18.6. The van der Waals surface area contributed by atoms with Crippen molar-refractivity contribution in [2.45, 2.75) is 43.7 Å². The van der Waals surface area contributed by atoms with E-state index in [-0.39, 0.29) is 5.91 Å². The lowest BCUT2D eigenvalue weighted by Crippen LogP contribution is -2.63. The highest BCUT2D eigenvalue weighted by Crippen LogP contribution is 2.34. The van der Waals surface area contributed by atoms with Gasteiger partial charge < -0.3 is 16.6 Å². The second kappa shape index (κ2) is 7.59. The molecule has 2 aliphatic heterocycles. The number of aromatic nitrogens is 1. The molecule has 8 heteroatoms. The molecule has 1 amide bonds. The molecule has 2 saturated heterocycles. The van der Waals surface area contributed by atoms with Crippen molar-refractivity contribution in [3.05, 3.63) is 23.9 Å². The number of likely N-dealkylation sites (tertiary alicyclic amines) is 2. The number of amides is 1. The monoisotopic (exact) mass is 361 g/mol. The predicted octanol–water partition coefficient (Wildman–Crippen LogP) is 0.595. The van der Waals surface area contributed by atoms with Crippen LogP contribution in [0.25, 0.3) is 0 Å². The van der Waals surface area contributed by atoms with Crippen LogP contribution in [0.3, 0.4) is 0 Å². The number of pyridine rings is 1. The number of hydrogen-bond donors (Lipinski definition) is 3. The molecular weight excluding hydrogens is 334 g/mol. The van der Waals surface area contributed by atoms with E-state index < -0.39 is 17.6 Å². The van der Waals surface area contributed by atoms with Gasteiger partial charge in [-0.2, -0.15) is 0 Å². The number of aliphatic carboxylic acids is 1. The molecule has 142 valence electrons. The summed E-state index contributed by atoms with van der Waals surface area (Å²) in [5.74, 6) is -0.865. The molecule has 2 aliphatic rings. The van der Waals surface area contributed by atoms with Gasteiger partial charge in [-0.05, 0) is 50.4 Å². The molecule has 1 atom stereocenters. The normalized spacial score (nSPS) is 22.6. The molecule has 0 aromatic carbocycles. The minimum absolute atomic E-state index is 0.292. The van der Waals surface area contributed by atoms with Crippen molar-refractivity contribution in [2.75, 3.05) is 31.9 Å². The summed E-state index contributed by atoms with van der Waals surface area (Å²) in [6, 6.07) is 2.51. The number of carboxylic acid groups (broad SMARTS) is 1. The topological polar surface area (TPSA) is 126 Å². The highest BCUT2D eigenvalue weighted by Gasteiger charge is 2.46. The Morgan fingerprint density at radius 3 is 2.27 bits per heavy atom. The van der Waals surface area contributed by atoms with Crippen LogP contribution >= 0.6 is 0 Å². The van der Waals surface area contributed by atoms with Crippen molar-refractivity contribution in [3.8, 4) is 0 Å². The zero-order valence-corrected chi connectivity index (χ0v) is 14.9. The number of carbonyl (C=O) groups excluding carboxylic acids is 1. The van der Waals surface area contributed by atoms with E-state index in [1.165, 1.54) is 12.6 Å². The Hall–Kier alpha value is -2.19. The number of hydrogen-bond acceptors (Lipinski definition) is 6. The van der Waals surface area contributed by atoms with Gasteiger partial charge >= 0.3 is 5.97 Å². The van der Waals surface area contributed by atoms with Crippen molar-refractivity contribution in [3.63, 3.8) is 0 Å². The molecule has 3 rings (SSSR count). The molecule has 0 radical (unpaired) electrons. The van der Waals surface area contributed by atoms with Crippen LogP contribution in [0, 0.1) is 0 Å². The van der Waals surface area contributed by atoms with Crippen molar-refractivity contribution >= 4 is 17.7 Å². The van der Waals surface area contributed by atoms with Crippen LogP contribution in [-0.2, 0) is 9.59 Å². The lowest BCUT2D eigenvalue weighted by Gasteiger charge is -2.49. The third-order valence-electron chi connectivity index (χ3n) is 5.77. The Balaban J connectivity index is 1.77. The van der Waals surface area contributed by atoms with Crippen LogP contribution in [0.15, 0.2) is 18.3 Å². The van der Waals surface area contributed by atoms with Crippen molar-refractivity contribution in [1.82, 2.24) is 14.8 Å². The fraction of sp³-hybridized carbons (Fsp3) is 0.611. The Bertz CT molecular complexity index is 649. The summed E-state index contributed by atoms with van der Waals surface area (Å²) < 4.78 is 0. The fourth-order valence-corrected chi connectivity index (χ4v) is 4.28. The van der Waals surface area contributed by atoms with Gasteiger partial charge in [-0.1, -0.05) is 12.5 Å². The van der Waals surface area contributed by atoms with Gasteiger partial charge in [0.25, 0.3) is 0 Å². The minimum atomic E-state index is -0.930. The van der Waals surface area contributed by atoms with E-state index in [1.807, 2.05) is 4.90 Å². The molecular formula is C18H27N5O3. The number of anilines is 1. The molecule has 0 bridgehead atoms. The van der Waals surface area contributed by atoms with E-state index in [0.29, 0.717) is 37.3 Å². The number of rotatable bonds is 5. The van der Waals surface area contributed by atoms with E-state index in [2.05, 4.69) is 9.88 Å². The molecule has 26 heavy (non-hydrogen) atoms. The van der Waals surface area contributed by atoms with Crippen LogP contribution in [-0.4, -0.2) is 63.5 Å². The zero-order chi connectivity index (χ0) is 18.7.